The maximum absolute atomic E-state index is 13.9. The topological polar surface area (TPSA) is 82.4 Å². The Labute approximate surface area is 230 Å². The maximum Gasteiger partial charge on any atom is 0.226 e. The van der Waals surface area contributed by atoms with Crippen molar-refractivity contribution in [1.82, 2.24) is 9.80 Å². The zero-order valence-electron chi connectivity index (χ0n) is 22.8. The van der Waals surface area contributed by atoms with Crippen LogP contribution in [0.5, 0.6) is 0 Å². The summed E-state index contributed by atoms with van der Waals surface area (Å²) in [6.45, 7) is 11.4. The lowest BCUT2D eigenvalue weighted by atomic mass is 9.84. The quantitative estimate of drug-likeness (QED) is 0.571. The maximum atomic E-state index is 13.9. The number of halogens is 1. The molecule has 4 aliphatic rings. The predicted octanol–water partition coefficient (Wildman–Crippen LogP) is 4.42. The first-order chi connectivity index (χ1) is 18.0. The molecule has 7 nitrogen and oxygen atoms in total. The summed E-state index contributed by atoms with van der Waals surface area (Å²) in [6.07, 6.45) is 5.99. The van der Waals surface area contributed by atoms with Crippen LogP contribution >= 0.6 is 11.6 Å². The van der Waals surface area contributed by atoms with Gasteiger partial charge in [0.15, 0.2) is 5.78 Å². The fraction of sp³-hybridized carbons (Fsp3) is 0.567. The number of benzene rings is 1. The normalized spacial score (nSPS) is 22.2. The van der Waals surface area contributed by atoms with Crippen molar-refractivity contribution in [2.75, 3.05) is 26.2 Å². The monoisotopic (exact) mass is 536 g/mol. The zero-order valence-corrected chi connectivity index (χ0v) is 23.6. The van der Waals surface area contributed by atoms with Crippen LogP contribution in [0.2, 0.25) is 5.02 Å². The Hall–Kier alpha value is -2.80. The second-order valence-corrected chi connectivity index (χ2v) is 12.8. The van der Waals surface area contributed by atoms with E-state index in [-0.39, 0.29) is 41.9 Å². The van der Waals surface area contributed by atoms with Crippen LogP contribution < -0.4 is 0 Å². The Morgan fingerprint density at radius 2 is 1.87 bits per heavy atom. The number of carbonyl (C=O) groups excluding carboxylic acids is 3. The molecular formula is C30H37ClN4O3. The van der Waals surface area contributed by atoms with E-state index in [1.807, 2.05) is 35.1 Å². The number of carbonyl (C=O) groups is 3. The summed E-state index contributed by atoms with van der Waals surface area (Å²) in [5.74, 6) is -0.130. The van der Waals surface area contributed by atoms with Crippen molar-refractivity contribution in [1.29, 1.82) is 0 Å². The minimum atomic E-state index is -0.433. The zero-order chi connectivity index (χ0) is 27.2. The fourth-order valence-corrected chi connectivity index (χ4v) is 6.53. The van der Waals surface area contributed by atoms with E-state index in [1.54, 1.807) is 0 Å². The van der Waals surface area contributed by atoms with Gasteiger partial charge in [-0.3, -0.25) is 24.4 Å². The molecule has 0 radical (unpaired) electrons. The van der Waals surface area contributed by atoms with Gasteiger partial charge < -0.3 is 9.80 Å². The van der Waals surface area contributed by atoms with Gasteiger partial charge in [-0.2, -0.15) is 0 Å². The highest BCUT2D eigenvalue weighted by atomic mass is 35.5. The fourth-order valence-electron chi connectivity index (χ4n) is 6.23. The Balaban J connectivity index is 1.33. The van der Waals surface area contributed by atoms with Gasteiger partial charge in [-0.1, -0.05) is 32.4 Å². The summed E-state index contributed by atoms with van der Waals surface area (Å²) in [4.78, 5) is 52.2. The first-order valence-electron chi connectivity index (χ1n) is 13.7. The van der Waals surface area contributed by atoms with Crippen LogP contribution in [-0.2, 0) is 33.9 Å². The van der Waals surface area contributed by atoms with Crippen molar-refractivity contribution in [2.24, 2.45) is 27.2 Å². The smallest absolute Gasteiger partial charge is 0.226 e. The molecule has 2 amide bonds. The third kappa shape index (κ3) is 5.49. The molecule has 202 valence electrons. The molecule has 4 aliphatic heterocycles. The van der Waals surface area contributed by atoms with Crippen LogP contribution in [0.3, 0.4) is 0 Å². The number of hydrogen-bond acceptors (Lipinski definition) is 5. The number of piperidine rings is 1. The van der Waals surface area contributed by atoms with E-state index in [0.717, 1.165) is 46.4 Å². The summed E-state index contributed by atoms with van der Waals surface area (Å²) in [7, 11) is 0. The lowest BCUT2D eigenvalue weighted by molar-refractivity contribution is -0.142. The molecule has 38 heavy (non-hydrogen) atoms. The minimum Gasteiger partial charge on any atom is -0.343 e. The lowest BCUT2D eigenvalue weighted by Crippen LogP contribution is -2.44. The van der Waals surface area contributed by atoms with Crippen molar-refractivity contribution >= 4 is 41.1 Å². The summed E-state index contributed by atoms with van der Waals surface area (Å²) in [6, 6.07) is 1.99. The molecule has 1 saturated heterocycles. The standard InChI is InChI=1S/C30H37ClN4O3/c1-18-9-22(27(36)15-33-18)19-5-7-34(8-6-19)28(37)12-21-10-20-11-26(31)24-14-32-13-23(24)25(20)16-35(29(21)38)17-30(2,3)4/h9,11,13,19,21H,5-8,10,12,14-17H2,1-4H3/t21-/m0/s1. The number of hydrogen-bond donors (Lipinski definition) is 0. The van der Waals surface area contributed by atoms with E-state index >= 15 is 0 Å². The minimum absolute atomic E-state index is 0.0106. The molecule has 0 spiro atoms. The Bertz CT molecular complexity index is 1270. The first kappa shape index (κ1) is 26.8. The number of Topliss-reactive ketones (excluding diaryl/α,β-unsaturated/α-hetero) is 1. The SMILES string of the molecule is CC1=NCC(=O)C(C2CCN(C(=O)C[C@@H]3Cc4cc(Cl)c5c(c4CN(CC(C)(C)C)C3=O)C=NC5)CC2)=C1. The second-order valence-electron chi connectivity index (χ2n) is 12.4. The number of nitrogens with zero attached hydrogens (tertiary/aromatic N) is 4. The van der Waals surface area contributed by atoms with E-state index in [0.29, 0.717) is 44.2 Å². The number of dihydropyridines is 1. The number of amides is 2. The largest absolute Gasteiger partial charge is 0.343 e. The highest BCUT2D eigenvalue weighted by Crippen LogP contribution is 2.36. The summed E-state index contributed by atoms with van der Waals surface area (Å²) in [5.41, 5.74) is 5.90. The van der Waals surface area contributed by atoms with Crippen molar-refractivity contribution in [3.63, 3.8) is 0 Å². The van der Waals surface area contributed by atoms with Crippen LogP contribution in [0, 0.1) is 17.3 Å². The summed E-state index contributed by atoms with van der Waals surface area (Å²) < 4.78 is 0. The molecule has 0 aromatic heterocycles. The molecule has 0 saturated carbocycles. The second kappa shape index (κ2) is 10.4. The molecule has 5 rings (SSSR count). The van der Waals surface area contributed by atoms with Crippen molar-refractivity contribution in [3.8, 4) is 0 Å². The van der Waals surface area contributed by atoms with Crippen molar-refractivity contribution in [2.45, 2.75) is 66.5 Å². The first-order valence-corrected chi connectivity index (χ1v) is 14.0. The van der Waals surface area contributed by atoms with Crippen LogP contribution in [0.1, 0.15) is 69.2 Å². The van der Waals surface area contributed by atoms with E-state index in [4.69, 9.17) is 11.6 Å². The van der Waals surface area contributed by atoms with Gasteiger partial charge in [0.2, 0.25) is 11.8 Å². The number of aliphatic imine (C=N–C) groups is 2. The highest BCUT2D eigenvalue weighted by molar-refractivity contribution is 6.32. The van der Waals surface area contributed by atoms with Crippen molar-refractivity contribution < 1.29 is 14.4 Å². The van der Waals surface area contributed by atoms with E-state index < -0.39 is 5.92 Å². The molecule has 1 aromatic carbocycles. The third-order valence-electron chi connectivity index (χ3n) is 8.11. The van der Waals surface area contributed by atoms with Gasteiger partial charge in [-0.05, 0) is 60.8 Å². The molecule has 1 atom stereocenters. The molecule has 0 N–H and O–H groups in total. The summed E-state index contributed by atoms with van der Waals surface area (Å²) in [5, 5.41) is 0.687. The van der Waals surface area contributed by atoms with Gasteiger partial charge in [0.1, 0.15) is 6.54 Å². The molecule has 0 bridgehead atoms. The van der Waals surface area contributed by atoms with E-state index in [2.05, 4.69) is 30.8 Å². The molecule has 1 fully saturated rings. The highest BCUT2D eigenvalue weighted by Gasteiger charge is 2.37. The van der Waals surface area contributed by atoms with Crippen LogP contribution in [0.25, 0.3) is 0 Å². The third-order valence-corrected chi connectivity index (χ3v) is 8.44. The lowest BCUT2D eigenvalue weighted by Gasteiger charge is -2.35. The Morgan fingerprint density at radius 1 is 1.13 bits per heavy atom. The molecule has 0 aliphatic carbocycles. The number of rotatable bonds is 4. The van der Waals surface area contributed by atoms with Crippen molar-refractivity contribution in [3.05, 3.63) is 45.0 Å². The Kier molecular flexibility index (Phi) is 7.33. The average molecular weight is 537 g/mol. The van der Waals surface area contributed by atoms with Gasteiger partial charge in [0, 0.05) is 66.2 Å². The summed E-state index contributed by atoms with van der Waals surface area (Å²) >= 11 is 6.62. The van der Waals surface area contributed by atoms with Gasteiger partial charge in [-0.15, -0.1) is 0 Å². The number of likely N-dealkylation sites (tertiary alicyclic amines) is 1. The number of allylic oxidation sites excluding steroid dienone is 1. The van der Waals surface area contributed by atoms with Crippen LogP contribution in [-0.4, -0.2) is 65.5 Å². The van der Waals surface area contributed by atoms with E-state index in [1.165, 1.54) is 0 Å². The van der Waals surface area contributed by atoms with Crippen LogP contribution in [0.4, 0.5) is 0 Å². The van der Waals surface area contributed by atoms with E-state index in [9.17, 15) is 14.4 Å². The van der Waals surface area contributed by atoms with Gasteiger partial charge >= 0.3 is 0 Å². The molecule has 8 heteroatoms. The molecule has 0 unspecified atom stereocenters. The van der Waals surface area contributed by atoms with Crippen LogP contribution in [0.15, 0.2) is 27.7 Å². The molecule has 4 heterocycles. The van der Waals surface area contributed by atoms with Gasteiger partial charge in [0.05, 0.1) is 12.5 Å². The number of ketones is 1. The molecular weight excluding hydrogens is 500 g/mol. The average Bonchev–Trinajstić information content (AvgIpc) is 3.32. The van der Waals surface area contributed by atoms with Gasteiger partial charge in [0.25, 0.3) is 0 Å². The predicted molar refractivity (Wildman–Crippen MR) is 150 cm³/mol. The Morgan fingerprint density at radius 3 is 2.58 bits per heavy atom. The van der Waals surface area contributed by atoms with Gasteiger partial charge in [-0.25, -0.2) is 0 Å². The molecule has 1 aromatic rings. The number of fused-ring (bicyclic) bond motifs is 3.